The van der Waals surface area contributed by atoms with E-state index in [1.807, 2.05) is 44.4 Å². The summed E-state index contributed by atoms with van der Waals surface area (Å²) in [4.78, 5) is 42.1. The lowest BCUT2D eigenvalue weighted by atomic mass is 10.2. The Labute approximate surface area is 242 Å². The topological polar surface area (TPSA) is 122 Å². The number of rotatable bonds is 10. The van der Waals surface area contributed by atoms with Crippen LogP contribution in [-0.4, -0.2) is 72.6 Å². The predicted octanol–water partition coefficient (Wildman–Crippen LogP) is 4.42. The van der Waals surface area contributed by atoms with Crippen LogP contribution in [0.15, 0.2) is 60.8 Å². The molecule has 0 bridgehead atoms. The van der Waals surface area contributed by atoms with Gasteiger partial charge in [-0.3, -0.25) is 19.5 Å². The zero-order chi connectivity index (χ0) is 28.6. The normalized spacial score (nSPS) is 15.0. The lowest BCUT2D eigenvalue weighted by Gasteiger charge is -2.19. The van der Waals surface area contributed by atoms with Crippen molar-refractivity contribution in [2.75, 3.05) is 49.3 Å². The Kier molecular flexibility index (Phi) is 9.81. The highest BCUT2D eigenvalue weighted by atomic mass is 35.5. The van der Waals surface area contributed by atoms with Crippen molar-refractivity contribution in [3.8, 4) is 0 Å². The Bertz CT molecular complexity index is 1370. The molecule has 1 saturated heterocycles. The first kappa shape index (κ1) is 29.1. The summed E-state index contributed by atoms with van der Waals surface area (Å²) in [5.74, 6) is -1.10. The van der Waals surface area contributed by atoms with Gasteiger partial charge in [-0.2, -0.15) is 5.10 Å². The molecule has 0 spiro atoms. The van der Waals surface area contributed by atoms with Gasteiger partial charge in [-0.1, -0.05) is 35.3 Å². The molecule has 1 aliphatic heterocycles. The third-order valence-electron chi connectivity index (χ3n) is 6.34. The number of benzene rings is 2. The van der Waals surface area contributed by atoms with Crippen molar-refractivity contribution in [1.82, 2.24) is 20.4 Å². The molecule has 4 rings (SSSR count). The Morgan fingerprint density at radius 1 is 1.07 bits per heavy atom. The highest BCUT2D eigenvalue weighted by Crippen LogP contribution is 2.26. The molecule has 1 unspecified atom stereocenters. The summed E-state index contributed by atoms with van der Waals surface area (Å²) in [5, 5.41) is 15.5. The van der Waals surface area contributed by atoms with Crippen molar-refractivity contribution < 1.29 is 14.4 Å². The van der Waals surface area contributed by atoms with Crippen LogP contribution in [0.2, 0.25) is 10.0 Å². The van der Waals surface area contributed by atoms with E-state index in [1.54, 1.807) is 24.3 Å². The Morgan fingerprint density at radius 2 is 1.80 bits per heavy atom. The number of hydrogen-bond donors (Lipinski definition) is 4. The summed E-state index contributed by atoms with van der Waals surface area (Å²) in [6.07, 6.45) is 6.32. The number of nitrogens with zero attached hydrogens (tertiary/aromatic N) is 3. The van der Waals surface area contributed by atoms with Crippen LogP contribution in [0, 0.1) is 0 Å². The Hall–Kier alpha value is -3.86. The lowest BCUT2D eigenvalue weighted by molar-refractivity contribution is -0.111. The van der Waals surface area contributed by atoms with Crippen molar-refractivity contribution in [2.24, 2.45) is 0 Å². The molecule has 0 radical (unpaired) electrons. The molecule has 2 aromatic carbocycles. The summed E-state index contributed by atoms with van der Waals surface area (Å²) < 4.78 is 0. The van der Waals surface area contributed by atoms with Gasteiger partial charge in [-0.25, -0.2) is 0 Å². The highest BCUT2D eigenvalue weighted by Gasteiger charge is 2.27. The summed E-state index contributed by atoms with van der Waals surface area (Å²) in [5.41, 5.74) is 2.17. The van der Waals surface area contributed by atoms with Crippen LogP contribution < -0.4 is 20.9 Å². The maximum Gasteiger partial charge on any atom is 0.271 e. The number of amides is 3. The number of anilines is 3. The molecule has 1 aromatic heterocycles. The fraction of sp³-hybridized carbons (Fsp3) is 0.286. The molecule has 0 saturated carbocycles. The van der Waals surface area contributed by atoms with Gasteiger partial charge in [-0.05, 0) is 69.4 Å². The van der Waals surface area contributed by atoms with Gasteiger partial charge < -0.3 is 25.8 Å². The molecule has 1 atom stereocenters. The van der Waals surface area contributed by atoms with E-state index >= 15 is 0 Å². The smallest absolute Gasteiger partial charge is 0.271 e. The van der Waals surface area contributed by atoms with E-state index in [2.05, 4.69) is 35.9 Å². The van der Waals surface area contributed by atoms with Crippen LogP contribution in [0.5, 0.6) is 0 Å². The second-order valence-electron chi connectivity index (χ2n) is 9.64. The van der Waals surface area contributed by atoms with Crippen molar-refractivity contribution in [3.63, 3.8) is 0 Å². The summed E-state index contributed by atoms with van der Waals surface area (Å²) >= 11 is 12.3. The van der Waals surface area contributed by atoms with Crippen molar-refractivity contribution in [3.05, 3.63) is 82.1 Å². The Morgan fingerprint density at radius 3 is 2.50 bits per heavy atom. The van der Waals surface area contributed by atoms with E-state index in [0.29, 0.717) is 12.2 Å². The van der Waals surface area contributed by atoms with Crippen LogP contribution in [-0.2, 0) is 4.79 Å². The minimum absolute atomic E-state index is 0.107. The van der Waals surface area contributed by atoms with Crippen molar-refractivity contribution in [2.45, 2.75) is 18.9 Å². The third-order valence-corrected chi connectivity index (χ3v) is 6.97. The van der Waals surface area contributed by atoms with Crippen LogP contribution in [0.25, 0.3) is 0 Å². The van der Waals surface area contributed by atoms with E-state index in [1.165, 1.54) is 6.20 Å². The summed E-state index contributed by atoms with van der Waals surface area (Å²) in [7, 11) is 3.98. The molecule has 3 amide bonds. The number of nitrogens with one attached hydrogen (secondary N) is 4. The van der Waals surface area contributed by atoms with E-state index in [-0.39, 0.29) is 44.8 Å². The molecule has 40 heavy (non-hydrogen) atoms. The fourth-order valence-electron chi connectivity index (χ4n) is 4.29. The SMILES string of the molecule is CN(C)CCC=CC(=O)Nc1ccc(N2CCC(NC(=O)c3[nH]ncc3NC(=O)c3c(Cl)cccc3Cl)C2)cc1. The molecule has 210 valence electrons. The van der Waals surface area contributed by atoms with Crippen LogP contribution in [0.4, 0.5) is 17.1 Å². The zero-order valence-corrected chi connectivity index (χ0v) is 23.7. The second kappa shape index (κ2) is 13.5. The number of hydrogen-bond acceptors (Lipinski definition) is 6. The number of H-pyrrole nitrogens is 1. The zero-order valence-electron chi connectivity index (χ0n) is 22.2. The maximum absolute atomic E-state index is 13.0. The Balaban J connectivity index is 1.29. The number of aromatic amines is 1. The average molecular weight is 585 g/mol. The predicted molar refractivity (Wildman–Crippen MR) is 158 cm³/mol. The maximum atomic E-state index is 13.0. The van der Waals surface area contributed by atoms with Gasteiger partial charge in [-0.15, -0.1) is 0 Å². The van der Waals surface area contributed by atoms with Crippen LogP contribution >= 0.6 is 23.2 Å². The van der Waals surface area contributed by atoms with Gasteiger partial charge >= 0.3 is 0 Å². The number of halogens is 2. The molecule has 0 aliphatic carbocycles. The number of carbonyl (C=O) groups is 3. The average Bonchev–Trinajstić information content (AvgIpc) is 3.57. The monoisotopic (exact) mass is 583 g/mol. The van der Waals surface area contributed by atoms with Gasteiger partial charge in [0.2, 0.25) is 5.91 Å². The minimum atomic E-state index is -0.543. The lowest BCUT2D eigenvalue weighted by Crippen LogP contribution is -2.37. The van der Waals surface area contributed by atoms with Gasteiger partial charge in [0.1, 0.15) is 5.69 Å². The molecule has 1 fully saturated rings. The fourth-order valence-corrected chi connectivity index (χ4v) is 4.86. The minimum Gasteiger partial charge on any atom is -0.369 e. The molecule has 12 heteroatoms. The summed E-state index contributed by atoms with van der Waals surface area (Å²) in [6.45, 7) is 2.24. The van der Waals surface area contributed by atoms with Gasteiger partial charge in [0.05, 0.1) is 27.5 Å². The standard InChI is InChI=1S/C28H31Cl2N7O3/c1-36(2)14-4-3-8-24(38)32-18-9-11-20(12-10-18)37-15-13-19(17-37)33-28(40)26-23(16-31-35-26)34-27(39)25-21(29)6-5-7-22(25)30/h3,5-12,16,19H,4,13-15,17H2,1-2H3,(H,31,35)(H,32,38)(H,33,40)(H,34,39). The van der Waals surface area contributed by atoms with E-state index in [4.69, 9.17) is 23.2 Å². The largest absolute Gasteiger partial charge is 0.369 e. The first-order chi connectivity index (χ1) is 19.2. The first-order valence-electron chi connectivity index (χ1n) is 12.8. The second-order valence-corrected chi connectivity index (χ2v) is 10.5. The van der Waals surface area contributed by atoms with E-state index in [0.717, 1.165) is 31.6 Å². The molecular weight excluding hydrogens is 553 g/mol. The van der Waals surface area contributed by atoms with Crippen LogP contribution in [0.3, 0.4) is 0 Å². The molecular formula is C28H31Cl2N7O3. The van der Waals surface area contributed by atoms with Gasteiger partial charge in [0.25, 0.3) is 11.8 Å². The molecule has 10 nitrogen and oxygen atoms in total. The van der Waals surface area contributed by atoms with Gasteiger partial charge in [0.15, 0.2) is 0 Å². The molecule has 1 aliphatic rings. The summed E-state index contributed by atoms with van der Waals surface area (Å²) in [6, 6.07) is 12.3. The quantitative estimate of drug-likeness (QED) is 0.262. The molecule has 2 heterocycles. The first-order valence-corrected chi connectivity index (χ1v) is 13.5. The van der Waals surface area contributed by atoms with Crippen molar-refractivity contribution >= 4 is 58.0 Å². The van der Waals surface area contributed by atoms with E-state index < -0.39 is 5.91 Å². The van der Waals surface area contributed by atoms with E-state index in [9.17, 15) is 14.4 Å². The third kappa shape index (κ3) is 7.62. The van der Waals surface area contributed by atoms with Crippen molar-refractivity contribution in [1.29, 1.82) is 0 Å². The number of carbonyl (C=O) groups excluding carboxylic acids is 3. The van der Waals surface area contributed by atoms with Crippen LogP contribution in [0.1, 0.15) is 33.7 Å². The molecule has 4 N–H and O–H groups in total. The van der Waals surface area contributed by atoms with Gasteiger partial charge in [0, 0.05) is 37.1 Å². The highest BCUT2D eigenvalue weighted by molar-refractivity contribution is 6.40. The number of aromatic nitrogens is 2. The molecule has 3 aromatic rings.